The third kappa shape index (κ3) is 1.38. The molecule has 0 aromatic carbocycles. The molecule has 0 bridgehead atoms. The molecule has 2 atom stereocenters. The number of likely N-dealkylation sites (tertiary alicyclic amines) is 1. The molecular weight excluding hydrogens is 182 g/mol. The number of hydrogen-bond acceptors (Lipinski definition) is 2. The molecule has 4 heteroatoms. The fraction of sp³-hybridized carbons (Fsp3) is 0.800. The van der Waals surface area contributed by atoms with Crippen molar-refractivity contribution in [1.29, 1.82) is 0 Å². The highest BCUT2D eigenvalue weighted by molar-refractivity contribution is 5.87. The van der Waals surface area contributed by atoms with Gasteiger partial charge in [-0.25, -0.2) is 0 Å². The van der Waals surface area contributed by atoms with Gasteiger partial charge in [-0.3, -0.25) is 9.59 Å². The summed E-state index contributed by atoms with van der Waals surface area (Å²) in [4.78, 5) is 24.3. The van der Waals surface area contributed by atoms with Crippen LogP contribution in [0.25, 0.3) is 0 Å². The standard InChI is InChI=1S/C10H15NO3/c1-2-8-7(10(13)14)5-9(12)11(8)6-3-4-6/h6-8H,2-5H2,1H3,(H,13,14)/t7-,8+/m0/s1. The molecule has 1 saturated carbocycles. The Hall–Kier alpha value is -1.06. The highest BCUT2D eigenvalue weighted by Gasteiger charge is 2.48. The number of amides is 1. The van der Waals surface area contributed by atoms with E-state index in [2.05, 4.69) is 0 Å². The van der Waals surface area contributed by atoms with E-state index in [4.69, 9.17) is 5.11 Å². The molecule has 1 saturated heterocycles. The summed E-state index contributed by atoms with van der Waals surface area (Å²) in [6.45, 7) is 1.95. The zero-order valence-electron chi connectivity index (χ0n) is 8.27. The maximum absolute atomic E-state index is 11.6. The molecule has 1 aliphatic carbocycles. The van der Waals surface area contributed by atoms with Crippen LogP contribution in [0.5, 0.6) is 0 Å². The first kappa shape index (κ1) is 9.49. The highest BCUT2D eigenvalue weighted by atomic mass is 16.4. The van der Waals surface area contributed by atoms with Gasteiger partial charge in [-0.1, -0.05) is 6.92 Å². The van der Waals surface area contributed by atoms with Crippen molar-refractivity contribution in [3.63, 3.8) is 0 Å². The van der Waals surface area contributed by atoms with Crippen molar-refractivity contribution < 1.29 is 14.7 Å². The summed E-state index contributed by atoms with van der Waals surface area (Å²) in [5.41, 5.74) is 0. The third-order valence-electron chi connectivity index (χ3n) is 3.18. The number of carboxylic acid groups (broad SMARTS) is 1. The van der Waals surface area contributed by atoms with Gasteiger partial charge in [-0.2, -0.15) is 0 Å². The number of carboxylic acids is 1. The Bertz CT molecular complexity index is 273. The van der Waals surface area contributed by atoms with Gasteiger partial charge < -0.3 is 10.0 Å². The first-order chi connectivity index (χ1) is 6.65. The van der Waals surface area contributed by atoms with Crippen molar-refractivity contribution in [2.75, 3.05) is 0 Å². The molecule has 14 heavy (non-hydrogen) atoms. The van der Waals surface area contributed by atoms with E-state index in [1.807, 2.05) is 11.8 Å². The summed E-state index contributed by atoms with van der Waals surface area (Å²) in [6.07, 6.45) is 3.05. The van der Waals surface area contributed by atoms with Gasteiger partial charge in [0.1, 0.15) is 0 Å². The van der Waals surface area contributed by atoms with E-state index in [1.54, 1.807) is 0 Å². The normalized spacial score (nSPS) is 32.4. The van der Waals surface area contributed by atoms with Gasteiger partial charge >= 0.3 is 5.97 Å². The van der Waals surface area contributed by atoms with Gasteiger partial charge in [0.25, 0.3) is 0 Å². The highest BCUT2D eigenvalue weighted by Crippen LogP contribution is 2.38. The van der Waals surface area contributed by atoms with Crippen LogP contribution in [0.4, 0.5) is 0 Å². The summed E-state index contributed by atoms with van der Waals surface area (Å²) in [5, 5.41) is 8.97. The van der Waals surface area contributed by atoms with Gasteiger partial charge in [0, 0.05) is 18.5 Å². The lowest BCUT2D eigenvalue weighted by Crippen LogP contribution is -2.38. The largest absolute Gasteiger partial charge is 0.481 e. The molecule has 4 nitrogen and oxygen atoms in total. The second kappa shape index (κ2) is 3.26. The van der Waals surface area contributed by atoms with Crippen LogP contribution in [0.15, 0.2) is 0 Å². The average Bonchev–Trinajstić information content (AvgIpc) is 2.89. The number of carbonyl (C=O) groups excluding carboxylic acids is 1. The minimum Gasteiger partial charge on any atom is -0.481 e. The second-order valence-corrected chi connectivity index (χ2v) is 4.16. The molecule has 0 spiro atoms. The van der Waals surface area contributed by atoms with Gasteiger partial charge in [0.2, 0.25) is 5.91 Å². The van der Waals surface area contributed by atoms with E-state index in [-0.39, 0.29) is 18.4 Å². The predicted molar refractivity (Wildman–Crippen MR) is 49.7 cm³/mol. The van der Waals surface area contributed by atoms with Crippen molar-refractivity contribution in [1.82, 2.24) is 4.90 Å². The first-order valence-electron chi connectivity index (χ1n) is 5.19. The van der Waals surface area contributed by atoms with Crippen molar-refractivity contribution >= 4 is 11.9 Å². The molecule has 0 unspecified atom stereocenters. The van der Waals surface area contributed by atoms with E-state index in [0.29, 0.717) is 6.04 Å². The number of aliphatic carboxylic acids is 1. The molecule has 2 fully saturated rings. The third-order valence-corrected chi connectivity index (χ3v) is 3.18. The molecule has 2 aliphatic rings. The molecule has 0 radical (unpaired) electrons. The smallest absolute Gasteiger partial charge is 0.309 e. The number of hydrogen-bond donors (Lipinski definition) is 1. The molecule has 1 amide bonds. The van der Waals surface area contributed by atoms with Crippen molar-refractivity contribution in [2.24, 2.45) is 5.92 Å². The molecule has 1 aliphatic heterocycles. The van der Waals surface area contributed by atoms with Crippen LogP contribution in [0.1, 0.15) is 32.6 Å². The molecule has 1 heterocycles. The van der Waals surface area contributed by atoms with Crippen LogP contribution >= 0.6 is 0 Å². The summed E-state index contributed by atoms with van der Waals surface area (Å²) in [6, 6.07) is 0.282. The minimum atomic E-state index is -0.826. The Morgan fingerprint density at radius 2 is 2.21 bits per heavy atom. The Morgan fingerprint density at radius 1 is 1.57 bits per heavy atom. The van der Waals surface area contributed by atoms with Crippen LogP contribution in [0, 0.1) is 5.92 Å². The second-order valence-electron chi connectivity index (χ2n) is 4.16. The zero-order chi connectivity index (χ0) is 10.3. The van der Waals surface area contributed by atoms with Gasteiger partial charge in [0.05, 0.1) is 5.92 Å². The summed E-state index contributed by atoms with van der Waals surface area (Å²) in [5.74, 6) is -1.27. The van der Waals surface area contributed by atoms with Crippen molar-refractivity contribution in [3.05, 3.63) is 0 Å². The molecule has 78 valence electrons. The topological polar surface area (TPSA) is 57.6 Å². The van der Waals surface area contributed by atoms with Gasteiger partial charge in [-0.15, -0.1) is 0 Å². The van der Waals surface area contributed by atoms with Gasteiger partial charge in [0.15, 0.2) is 0 Å². The van der Waals surface area contributed by atoms with Crippen molar-refractivity contribution in [2.45, 2.75) is 44.7 Å². The number of carbonyl (C=O) groups is 2. The lowest BCUT2D eigenvalue weighted by Gasteiger charge is -2.25. The summed E-state index contributed by atoms with van der Waals surface area (Å²) in [7, 11) is 0. The summed E-state index contributed by atoms with van der Waals surface area (Å²) >= 11 is 0. The van der Waals surface area contributed by atoms with Crippen LogP contribution in [-0.4, -0.2) is 34.0 Å². The number of rotatable bonds is 3. The quantitative estimate of drug-likeness (QED) is 0.730. The average molecular weight is 197 g/mol. The van der Waals surface area contributed by atoms with E-state index in [9.17, 15) is 9.59 Å². The Balaban J connectivity index is 2.16. The molecule has 0 aromatic rings. The maximum Gasteiger partial charge on any atom is 0.309 e. The monoisotopic (exact) mass is 197 g/mol. The number of nitrogens with zero attached hydrogens (tertiary/aromatic N) is 1. The lowest BCUT2D eigenvalue weighted by molar-refractivity contribution is -0.142. The van der Waals surface area contributed by atoms with E-state index >= 15 is 0 Å². The van der Waals surface area contributed by atoms with Crippen LogP contribution in [-0.2, 0) is 9.59 Å². The maximum atomic E-state index is 11.6. The Kier molecular flexibility index (Phi) is 2.21. The molecule has 0 aromatic heterocycles. The molecule has 2 rings (SSSR count). The van der Waals surface area contributed by atoms with Crippen LogP contribution in [0.3, 0.4) is 0 Å². The Labute approximate surface area is 82.9 Å². The predicted octanol–water partition coefficient (Wildman–Crippen LogP) is 0.861. The molecular formula is C10H15NO3. The van der Waals surface area contributed by atoms with Crippen molar-refractivity contribution in [3.8, 4) is 0 Å². The van der Waals surface area contributed by atoms with E-state index in [0.717, 1.165) is 19.3 Å². The van der Waals surface area contributed by atoms with E-state index < -0.39 is 11.9 Å². The Morgan fingerprint density at radius 3 is 2.64 bits per heavy atom. The lowest BCUT2D eigenvalue weighted by atomic mass is 9.98. The van der Waals surface area contributed by atoms with Crippen LogP contribution < -0.4 is 0 Å². The fourth-order valence-corrected chi connectivity index (χ4v) is 2.37. The van der Waals surface area contributed by atoms with Crippen LogP contribution in [0.2, 0.25) is 0 Å². The molecule has 1 N–H and O–H groups in total. The minimum absolute atomic E-state index is 0.0340. The SMILES string of the molecule is CC[C@@H]1[C@@H](C(=O)O)CC(=O)N1C1CC1. The zero-order valence-corrected chi connectivity index (χ0v) is 8.27. The van der Waals surface area contributed by atoms with Gasteiger partial charge in [-0.05, 0) is 19.3 Å². The van der Waals surface area contributed by atoms with E-state index in [1.165, 1.54) is 0 Å². The first-order valence-corrected chi connectivity index (χ1v) is 5.19. The fourth-order valence-electron chi connectivity index (χ4n) is 2.37. The summed E-state index contributed by atoms with van der Waals surface area (Å²) < 4.78 is 0.